The van der Waals surface area contributed by atoms with E-state index in [2.05, 4.69) is 24.0 Å². The monoisotopic (exact) mass is 318 g/mol. The maximum atomic E-state index is 12.6. The maximum Gasteiger partial charge on any atom is 0.292 e. The molecule has 2 atom stereocenters. The van der Waals surface area contributed by atoms with Crippen molar-refractivity contribution in [3.63, 3.8) is 0 Å². The fourth-order valence-electron chi connectivity index (χ4n) is 3.43. The van der Waals surface area contributed by atoms with Crippen molar-refractivity contribution in [1.29, 1.82) is 0 Å². The van der Waals surface area contributed by atoms with Gasteiger partial charge in [-0.1, -0.05) is 6.42 Å². The molecular formula is C14H30N4O2S. The molecule has 0 aromatic rings. The lowest BCUT2D eigenvalue weighted by Crippen LogP contribution is -2.58. The summed E-state index contributed by atoms with van der Waals surface area (Å²) in [6.45, 7) is 6.41. The summed E-state index contributed by atoms with van der Waals surface area (Å²) in [6.07, 6.45) is 5.16. The number of hydrogen-bond donors (Lipinski definition) is 2. The molecule has 2 aliphatic heterocycles. The molecule has 6 nitrogen and oxygen atoms in total. The van der Waals surface area contributed by atoms with Gasteiger partial charge < -0.3 is 5.32 Å². The third-order valence-electron chi connectivity index (χ3n) is 4.82. The number of nitrogens with one attached hydrogen (secondary N) is 2. The second kappa shape index (κ2) is 7.37. The van der Waals surface area contributed by atoms with Gasteiger partial charge in [0.2, 0.25) is 0 Å². The molecule has 0 aromatic carbocycles. The van der Waals surface area contributed by atoms with Crippen LogP contribution in [-0.4, -0.2) is 56.5 Å². The van der Waals surface area contributed by atoms with Gasteiger partial charge in [0, 0.05) is 25.2 Å². The van der Waals surface area contributed by atoms with E-state index >= 15 is 0 Å². The fraction of sp³-hybridized carbons (Fsp3) is 1.00. The van der Waals surface area contributed by atoms with Gasteiger partial charge >= 0.3 is 0 Å². The first kappa shape index (κ1) is 17.1. The van der Waals surface area contributed by atoms with Gasteiger partial charge in [-0.25, -0.2) is 5.01 Å². The zero-order valence-electron chi connectivity index (χ0n) is 13.5. The molecule has 2 fully saturated rings. The van der Waals surface area contributed by atoms with Crippen LogP contribution in [-0.2, 0) is 10.2 Å². The highest BCUT2D eigenvalue weighted by Gasteiger charge is 2.33. The molecule has 0 radical (unpaired) electrons. The molecule has 2 N–H and O–H groups in total. The minimum Gasteiger partial charge on any atom is -0.319 e. The highest BCUT2D eigenvalue weighted by Crippen LogP contribution is 2.23. The highest BCUT2D eigenvalue weighted by atomic mass is 32.2. The van der Waals surface area contributed by atoms with Crippen molar-refractivity contribution in [2.75, 3.05) is 26.7 Å². The molecule has 0 saturated carbocycles. The zero-order valence-corrected chi connectivity index (χ0v) is 14.3. The summed E-state index contributed by atoms with van der Waals surface area (Å²) in [5.74, 6) is 0.592. The van der Waals surface area contributed by atoms with Crippen molar-refractivity contribution < 1.29 is 8.42 Å². The Kier molecular flexibility index (Phi) is 6.02. The van der Waals surface area contributed by atoms with Crippen molar-refractivity contribution >= 4 is 10.2 Å². The van der Waals surface area contributed by atoms with E-state index in [1.165, 1.54) is 6.42 Å². The quantitative estimate of drug-likeness (QED) is 0.791. The van der Waals surface area contributed by atoms with Crippen molar-refractivity contribution in [3.05, 3.63) is 0 Å². The molecule has 7 heteroatoms. The molecule has 0 aromatic heterocycles. The van der Waals surface area contributed by atoms with Crippen LogP contribution in [0.15, 0.2) is 0 Å². The number of hydrazine groups is 1. The number of rotatable bonds is 5. The van der Waals surface area contributed by atoms with Crippen molar-refractivity contribution in [2.45, 2.75) is 58.0 Å². The van der Waals surface area contributed by atoms with Gasteiger partial charge in [-0.3, -0.25) is 0 Å². The van der Waals surface area contributed by atoms with Gasteiger partial charge in [0.1, 0.15) is 0 Å². The molecule has 0 amide bonds. The van der Waals surface area contributed by atoms with Gasteiger partial charge in [-0.15, -0.1) is 4.83 Å². The van der Waals surface area contributed by atoms with Crippen LogP contribution in [0.5, 0.6) is 0 Å². The van der Waals surface area contributed by atoms with Gasteiger partial charge in [0.15, 0.2) is 0 Å². The molecule has 21 heavy (non-hydrogen) atoms. The Balaban J connectivity index is 1.93. The van der Waals surface area contributed by atoms with Gasteiger partial charge in [0.05, 0.1) is 0 Å². The summed E-state index contributed by atoms with van der Waals surface area (Å²) in [5.41, 5.74) is 0. The Bertz CT molecular complexity index is 411. The third-order valence-corrected chi connectivity index (χ3v) is 6.31. The average molecular weight is 318 g/mol. The van der Waals surface area contributed by atoms with E-state index in [1.807, 2.05) is 12.1 Å². The van der Waals surface area contributed by atoms with Crippen LogP contribution in [0.2, 0.25) is 0 Å². The minimum absolute atomic E-state index is 0.269. The van der Waals surface area contributed by atoms with E-state index in [0.717, 1.165) is 32.2 Å². The lowest BCUT2D eigenvalue weighted by Gasteiger charge is -2.40. The average Bonchev–Trinajstić information content (AvgIpc) is 2.44. The van der Waals surface area contributed by atoms with Gasteiger partial charge in [-0.2, -0.15) is 12.7 Å². The fourth-order valence-corrected chi connectivity index (χ4v) is 4.87. The first-order chi connectivity index (χ1) is 9.94. The predicted octanol–water partition coefficient (Wildman–Crippen LogP) is 0.930. The molecule has 0 bridgehead atoms. The van der Waals surface area contributed by atoms with Crippen LogP contribution in [0.4, 0.5) is 0 Å². The Morgan fingerprint density at radius 3 is 2.14 bits per heavy atom. The van der Waals surface area contributed by atoms with E-state index in [4.69, 9.17) is 0 Å². The Hall–Kier alpha value is -0.210. The van der Waals surface area contributed by atoms with Crippen molar-refractivity contribution in [1.82, 2.24) is 19.5 Å². The van der Waals surface area contributed by atoms with E-state index < -0.39 is 10.2 Å². The van der Waals surface area contributed by atoms with Crippen LogP contribution in [0.1, 0.15) is 46.0 Å². The van der Waals surface area contributed by atoms with Gasteiger partial charge in [-0.05, 0) is 59.0 Å². The van der Waals surface area contributed by atoms with Crippen molar-refractivity contribution in [3.8, 4) is 0 Å². The molecule has 124 valence electrons. The van der Waals surface area contributed by atoms with Crippen LogP contribution in [0.25, 0.3) is 0 Å². The summed E-state index contributed by atoms with van der Waals surface area (Å²) in [6, 6.07) is 0.538. The third kappa shape index (κ3) is 4.39. The second-order valence-corrected chi connectivity index (χ2v) is 8.18. The summed E-state index contributed by atoms with van der Waals surface area (Å²) in [7, 11) is -1.45. The molecule has 2 unspecified atom stereocenters. The molecule has 0 aliphatic carbocycles. The normalized spacial score (nSPS) is 30.6. The van der Waals surface area contributed by atoms with Crippen LogP contribution in [0, 0.1) is 5.92 Å². The summed E-state index contributed by atoms with van der Waals surface area (Å²) in [4.78, 5) is 2.83. The molecular weight excluding hydrogens is 288 g/mol. The Labute approximate surface area is 129 Å². The van der Waals surface area contributed by atoms with Gasteiger partial charge in [0.25, 0.3) is 10.2 Å². The molecule has 2 aliphatic rings. The topological polar surface area (TPSA) is 64.7 Å². The van der Waals surface area contributed by atoms with E-state index in [-0.39, 0.29) is 12.1 Å². The smallest absolute Gasteiger partial charge is 0.292 e. The Morgan fingerprint density at radius 2 is 1.62 bits per heavy atom. The predicted molar refractivity (Wildman–Crippen MR) is 84.9 cm³/mol. The molecule has 2 heterocycles. The maximum absolute atomic E-state index is 12.6. The van der Waals surface area contributed by atoms with Crippen LogP contribution in [0.3, 0.4) is 0 Å². The lowest BCUT2D eigenvalue weighted by atomic mass is 9.98. The number of piperidine rings is 2. The summed E-state index contributed by atoms with van der Waals surface area (Å²) < 4.78 is 26.7. The minimum atomic E-state index is -3.40. The second-order valence-electron chi connectivity index (χ2n) is 6.53. The number of nitrogens with zero attached hydrogens (tertiary/aromatic N) is 2. The summed E-state index contributed by atoms with van der Waals surface area (Å²) >= 11 is 0. The summed E-state index contributed by atoms with van der Waals surface area (Å²) in [5, 5.41) is 5.11. The van der Waals surface area contributed by atoms with E-state index in [0.29, 0.717) is 19.0 Å². The lowest BCUT2D eigenvalue weighted by molar-refractivity contribution is 0.0751. The number of hydrogen-bond acceptors (Lipinski definition) is 4. The molecule has 2 saturated heterocycles. The van der Waals surface area contributed by atoms with E-state index in [9.17, 15) is 8.42 Å². The SMILES string of the molecule is CNCC1CCN(S(=O)(=O)NN2C(C)CCCC2C)CC1. The highest BCUT2D eigenvalue weighted by molar-refractivity contribution is 7.87. The van der Waals surface area contributed by atoms with Crippen LogP contribution >= 0.6 is 0 Å². The Morgan fingerprint density at radius 1 is 1.05 bits per heavy atom. The zero-order chi connectivity index (χ0) is 15.5. The molecule has 2 rings (SSSR count). The standard InChI is InChI=1S/C14H30N4O2S/c1-12-5-4-6-13(2)18(12)16-21(19,20)17-9-7-14(8-10-17)11-15-3/h12-16H,4-11H2,1-3H3. The van der Waals surface area contributed by atoms with Crippen molar-refractivity contribution in [2.24, 2.45) is 5.92 Å². The van der Waals surface area contributed by atoms with E-state index in [1.54, 1.807) is 4.31 Å². The van der Waals surface area contributed by atoms with Crippen LogP contribution < -0.4 is 10.1 Å². The first-order valence-electron chi connectivity index (χ1n) is 8.14. The molecule has 0 spiro atoms. The first-order valence-corrected chi connectivity index (χ1v) is 9.58. The largest absolute Gasteiger partial charge is 0.319 e.